The van der Waals surface area contributed by atoms with Crippen molar-refractivity contribution in [1.29, 1.82) is 0 Å². The van der Waals surface area contributed by atoms with E-state index in [0.717, 1.165) is 22.6 Å². The van der Waals surface area contributed by atoms with Gasteiger partial charge in [0.2, 0.25) is 5.88 Å². The maximum absolute atomic E-state index is 13.7. The Morgan fingerprint density at radius 2 is 1.61 bits per heavy atom. The Labute approximate surface area is 217 Å². The standard InChI is InChI=1S/C29H30ClN3O3/c1-20(2)18-33(28(34)24-12-8-9-13-26(24)30)19-25-27(21-10-6-5-7-11-21)31-32(3)29(25)36-23-16-14-22(35-4)15-17-23/h5-17,20H,18-19H2,1-4H3. The number of halogens is 1. The Kier molecular flexibility index (Phi) is 7.96. The van der Waals surface area contributed by atoms with Crippen LogP contribution in [-0.4, -0.2) is 34.2 Å². The Morgan fingerprint density at radius 1 is 0.972 bits per heavy atom. The van der Waals surface area contributed by atoms with Crippen LogP contribution >= 0.6 is 11.6 Å². The van der Waals surface area contributed by atoms with Crippen molar-refractivity contribution < 1.29 is 14.3 Å². The summed E-state index contributed by atoms with van der Waals surface area (Å²) in [5.74, 6) is 2.07. The molecule has 1 aromatic heterocycles. The van der Waals surface area contributed by atoms with Crippen LogP contribution in [0.2, 0.25) is 5.02 Å². The number of methoxy groups -OCH3 is 1. The molecule has 0 aliphatic rings. The summed E-state index contributed by atoms with van der Waals surface area (Å²) in [4.78, 5) is 15.5. The average Bonchev–Trinajstić information content (AvgIpc) is 3.19. The lowest BCUT2D eigenvalue weighted by molar-refractivity contribution is 0.0722. The van der Waals surface area contributed by atoms with Crippen LogP contribution in [0.4, 0.5) is 0 Å². The summed E-state index contributed by atoms with van der Waals surface area (Å²) in [6.45, 7) is 5.03. The normalized spacial score (nSPS) is 10.9. The molecule has 1 amide bonds. The molecular weight excluding hydrogens is 474 g/mol. The van der Waals surface area contributed by atoms with Gasteiger partial charge in [0.05, 0.1) is 29.8 Å². The van der Waals surface area contributed by atoms with Crippen molar-refractivity contribution in [3.63, 3.8) is 0 Å². The van der Waals surface area contributed by atoms with Crippen LogP contribution in [0.1, 0.15) is 29.8 Å². The van der Waals surface area contributed by atoms with Gasteiger partial charge in [-0.3, -0.25) is 4.79 Å². The van der Waals surface area contributed by atoms with Crippen LogP contribution in [0.15, 0.2) is 78.9 Å². The number of aryl methyl sites for hydroxylation is 1. The summed E-state index contributed by atoms with van der Waals surface area (Å²) in [7, 11) is 3.47. The predicted octanol–water partition coefficient (Wildman–Crippen LogP) is 6.84. The van der Waals surface area contributed by atoms with E-state index in [1.54, 1.807) is 23.9 Å². The molecule has 0 spiro atoms. The zero-order chi connectivity index (χ0) is 25.7. The fraction of sp³-hybridized carbons (Fsp3) is 0.241. The van der Waals surface area contributed by atoms with Crippen molar-refractivity contribution in [3.05, 3.63) is 95.0 Å². The molecule has 0 atom stereocenters. The lowest BCUT2D eigenvalue weighted by Gasteiger charge is -2.25. The van der Waals surface area contributed by atoms with Crippen LogP contribution in [0, 0.1) is 5.92 Å². The number of benzene rings is 3. The van der Waals surface area contributed by atoms with Crippen LogP contribution in [0.5, 0.6) is 17.4 Å². The molecule has 0 aliphatic carbocycles. The van der Waals surface area contributed by atoms with Gasteiger partial charge in [-0.05, 0) is 42.3 Å². The molecule has 186 valence electrons. The van der Waals surface area contributed by atoms with E-state index in [-0.39, 0.29) is 11.8 Å². The Morgan fingerprint density at radius 3 is 2.25 bits per heavy atom. The van der Waals surface area contributed by atoms with Crippen molar-refractivity contribution in [2.45, 2.75) is 20.4 Å². The van der Waals surface area contributed by atoms with Gasteiger partial charge >= 0.3 is 0 Å². The molecule has 6 nitrogen and oxygen atoms in total. The zero-order valence-electron chi connectivity index (χ0n) is 20.9. The van der Waals surface area contributed by atoms with Gasteiger partial charge in [-0.15, -0.1) is 0 Å². The highest BCUT2D eigenvalue weighted by Gasteiger charge is 2.26. The molecule has 36 heavy (non-hydrogen) atoms. The summed E-state index contributed by atoms with van der Waals surface area (Å²) in [6, 6.07) is 24.4. The first-order chi connectivity index (χ1) is 17.4. The SMILES string of the molecule is COc1ccc(Oc2c(CN(CC(C)C)C(=O)c3ccccc3Cl)c(-c3ccccc3)nn2C)cc1. The Balaban J connectivity index is 1.78. The van der Waals surface area contributed by atoms with Gasteiger partial charge in [0.15, 0.2) is 0 Å². The molecule has 7 heteroatoms. The maximum atomic E-state index is 13.7. The van der Waals surface area contributed by atoms with Crippen molar-refractivity contribution in [3.8, 4) is 28.6 Å². The Hall–Kier alpha value is -3.77. The van der Waals surface area contributed by atoms with E-state index in [9.17, 15) is 4.79 Å². The first-order valence-corrected chi connectivity index (χ1v) is 12.2. The van der Waals surface area contributed by atoms with Gasteiger partial charge < -0.3 is 14.4 Å². The van der Waals surface area contributed by atoms with E-state index in [4.69, 9.17) is 26.2 Å². The minimum atomic E-state index is -0.132. The van der Waals surface area contributed by atoms with Gasteiger partial charge in [-0.1, -0.05) is 67.9 Å². The number of hydrogen-bond donors (Lipinski definition) is 0. The van der Waals surface area contributed by atoms with Crippen molar-refractivity contribution in [2.75, 3.05) is 13.7 Å². The molecule has 0 saturated carbocycles. The lowest BCUT2D eigenvalue weighted by Crippen LogP contribution is -2.34. The third-order valence-electron chi connectivity index (χ3n) is 5.74. The minimum Gasteiger partial charge on any atom is -0.497 e. The second kappa shape index (κ2) is 11.3. The molecule has 4 aromatic rings. The summed E-state index contributed by atoms with van der Waals surface area (Å²) in [5.41, 5.74) is 3.01. The van der Waals surface area contributed by atoms with Crippen LogP contribution in [0.3, 0.4) is 0 Å². The molecule has 0 N–H and O–H groups in total. The average molecular weight is 504 g/mol. The molecule has 0 radical (unpaired) electrons. The van der Waals surface area contributed by atoms with Gasteiger partial charge in [0, 0.05) is 19.2 Å². The molecule has 3 aromatic carbocycles. The quantitative estimate of drug-likeness (QED) is 0.251. The lowest BCUT2D eigenvalue weighted by atomic mass is 10.1. The van der Waals surface area contributed by atoms with Crippen LogP contribution < -0.4 is 9.47 Å². The number of nitrogens with zero attached hydrogens (tertiary/aromatic N) is 3. The largest absolute Gasteiger partial charge is 0.497 e. The highest BCUT2D eigenvalue weighted by Crippen LogP contribution is 2.35. The second-order valence-electron chi connectivity index (χ2n) is 8.96. The smallest absolute Gasteiger partial charge is 0.255 e. The molecule has 0 saturated heterocycles. The number of rotatable bonds is 9. The van der Waals surface area contributed by atoms with E-state index in [1.165, 1.54) is 0 Å². The van der Waals surface area contributed by atoms with Gasteiger partial charge in [-0.25, -0.2) is 4.68 Å². The van der Waals surface area contributed by atoms with E-state index in [0.29, 0.717) is 35.3 Å². The highest BCUT2D eigenvalue weighted by atomic mass is 35.5. The summed E-state index contributed by atoms with van der Waals surface area (Å²) >= 11 is 6.40. The number of ether oxygens (including phenoxy) is 2. The molecular formula is C29H30ClN3O3. The summed E-state index contributed by atoms with van der Waals surface area (Å²) in [6.07, 6.45) is 0. The van der Waals surface area contributed by atoms with E-state index >= 15 is 0 Å². The highest BCUT2D eigenvalue weighted by molar-refractivity contribution is 6.33. The fourth-order valence-corrected chi connectivity index (χ4v) is 4.28. The van der Waals surface area contributed by atoms with Crippen LogP contribution in [-0.2, 0) is 13.6 Å². The van der Waals surface area contributed by atoms with E-state index in [2.05, 4.69) is 13.8 Å². The number of aromatic nitrogens is 2. The molecule has 0 aliphatic heterocycles. The summed E-state index contributed by atoms with van der Waals surface area (Å²) in [5, 5.41) is 5.23. The molecule has 0 unspecified atom stereocenters. The first kappa shape index (κ1) is 25.3. The van der Waals surface area contributed by atoms with Gasteiger partial charge in [-0.2, -0.15) is 5.10 Å². The minimum absolute atomic E-state index is 0.132. The van der Waals surface area contributed by atoms with Crippen molar-refractivity contribution >= 4 is 17.5 Å². The Bertz CT molecular complexity index is 1320. The van der Waals surface area contributed by atoms with Gasteiger partial charge in [0.25, 0.3) is 5.91 Å². The monoisotopic (exact) mass is 503 g/mol. The van der Waals surface area contributed by atoms with Crippen LogP contribution in [0.25, 0.3) is 11.3 Å². The van der Waals surface area contributed by atoms with Gasteiger partial charge in [0.1, 0.15) is 17.2 Å². The third kappa shape index (κ3) is 5.71. The molecule has 1 heterocycles. The number of amides is 1. The van der Waals surface area contributed by atoms with E-state index < -0.39 is 0 Å². The third-order valence-corrected chi connectivity index (χ3v) is 6.06. The van der Waals surface area contributed by atoms with Crippen molar-refractivity contribution in [2.24, 2.45) is 13.0 Å². The molecule has 0 fully saturated rings. The van der Waals surface area contributed by atoms with E-state index in [1.807, 2.05) is 78.7 Å². The number of carbonyl (C=O) groups is 1. The van der Waals surface area contributed by atoms with Crippen molar-refractivity contribution in [1.82, 2.24) is 14.7 Å². The second-order valence-corrected chi connectivity index (χ2v) is 9.37. The topological polar surface area (TPSA) is 56.6 Å². The fourth-order valence-electron chi connectivity index (χ4n) is 4.06. The zero-order valence-corrected chi connectivity index (χ0v) is 21.7. The number of carbonyl (C=O) groups excluding carboxylic acids is 1. The molecule has 0 bridgehead atoms. The first-order valence-electron chi connectivity index (χ1n) is 11.8. The summed E-state index contributed by atoms with van der Waals surface area (Å²) < 4.78 is 13.3. The number of hydrogen-bond acceptors (Lipinski definition) is 4. The predicted molar refractivity (Wildman–Crippen MR) is 143 cm³/mol. The maximum Gasteiger partial charge on any atom is 0.255 e. The molecule has 4 rings (SSSR count).